The van der Waals surface area contributed by atoms with Gasteiger partial charge in [-0.3, -0.25) is 0 Å². The number of hydrogen-bond acceptors (Lipinski definition) is 5. The lowest BCUT2D eigenvalue weighted by atomic mass is 10.1. The molecule has 3 heterocycles. The average Bonchev–Trinajstić information content (AvgIpc) is 3.41. The molecule has 1 fully saturated rings. The molecule has 3 aromatic rings. The van der Waals surface area contributed by atoms with Gasteiger partial charge in [-0.25, -0.2) is 9.97 Å². The maximum Gasteiger partial charge on any atom is 0.177 e. The van der Waals surface area contributed by atoms with E-state index in [0.29, 0.717) is 0 Å². The van der Waals surface area contributed by atoms with Gasteiger partial charge in [0.05, 0.1) is 10.6 Å². The summed E-state index contributed by atoms with van der Waals surface area (Å²) in [5.74, 6) is 0. The number of thiazole rings is 2. The first-order valence-corrected chi connectivity index (χ1v) is 11.7. The average molecular weight is 382 g/mol. The van der Waals surface area contributed by atoms with Gasteiger partial charge in [0, 0.05) is 28.5 Å². The highest BCUT2D eigenvalue weighted by Crippen LogP contribution is 2.75. The van der Waals surface area contributed by atoms with Gasteiger partial charge in [-0.15, -0.1) is 22.7 Å². The fourth-order valence-electron chi connectivity index (χ4n) is 3.86. The number of allylic oxidation sites excluding steroid dienone is 2. The first-order valence-electron chi connectivity index (χ1n) is 8.23. The summed E-state index contributed by atoms with van der Waals surface area (Å²) >= 11 is 3.16. The van der Waals surface area contributed by atoms with Crippen molar-refractivity contribution in [2.45, 2.75) is 19.3 Å². The summed E-state index contributed by atoms with van der Waals surface area (Å²) in [5.41, 5.74) is 2.51. The second-order valence-corrected chi connectivity index (χ2v) is 10.5. The van der Waals surface area contributed by atoms with Gasteiger partial charge in [0.25, 0.3) is 0 Å². The summed E-state index contributed by atoms with van der Waals surface area (Å²) < 4.78 is 14.7. The third-order valence-corrected chi connectivity index (χ3v) is 9.94. The Bertz CT molecular complexity index is 972. The monoisotopic (exact) mass is 382 g/mol. The molecule has 5 rings (SSSR count). The molecule has 1 aliphatic heterocycles. The van der Waals surface area contributed by atoms with Crippen LogP contribution in [0.1, 0.15) is 29.3 Å². The molecule has 1 saturated carbocycles. The van der Waals surface area contributed by atoms with Crippen molar-refractivity contribution in [1.82, 2.24) is 9.97 Å². The molecule has 0 N–H and O–H groups in total. The molecule has 124 valence electrons. The smallest absolute Gasteiger partial charge is 0.177 e. The summed E-state index contributed by atoms with van der Waals surface area (Å²) in [6.07, 6.45) is 6.69. The second-order valence-electron chi connectivity index (χ2n) is 6.13. The van der Waals surface area contributed by atoms with E-state index in [4.69, 9.17) is 0 Å². The van der Waals surface area contributed by atoms with Crippen molar-refractivity contribution in [3.8, 4) is 0 Å². The van der Waals surface area contributed by atoms with Gasteiger partial charge in [-0.2, -0.15) is 0 Å². The summed E-state index contributed by atoms with van der Waals surface area (Å²) in [4.78, 5) is 9.08. The number of fused-ring (bicyclic) bond motifs is 1. The quantitative estimate of drug-likeness (QED) is 0.553. The van der Waals surface area contributed by atoms with Crippen LogP contribution in [0.2, 0.25) is 0 Å². The normalized spacial score (nSPS) is 18.9. The van der Waals surface area contributed by atoms with Crippen LogP contribution in [-0.4, -0.2) is 9.97 Å². The van der Waals surface area contributed by atoms with Crippen LogP contribution < -0.4 is 5.30 Å². The molecule has 1 aromatic carbocycles. The largest absolute Gasteiger partial charge is 0.308 e. The van der Waals surface area contributed by atoms with E-state index in [9.17, 15) is 4.57 Å². The molecule has 2 aliphatic rings. The number of rotatable bonds is 3. The van der Waals surface area contributed by atoms with Crippen LogP contribution in [0.25, 0.3) is 10.6 Å². The van der Waals surface area contributed by atoms with Gasteiger partial charge < -0.3 is 4.57 Å². The van der Waals surface area contributed by atoms with Crippen molar-refractivity contribution < 1.29 is 4.57 Å². The number of nitrogens with zero attached hydrogens (tertiary/aromatic N) is 2. The number of benzene rings is 1. The van der Waals surface area contributed by atoms with Gasteiger partial charge in [0.2, 0.25) is 0 Å². The minimum Gasteiger partial charge on any atom is -0.308 e. The van der Waals surface area contributed by atoms with E-state index in [1.807, 2.05) is 41.1 Å². The second kappa shape index (κ2) is 5.87. The molecule has 0 spiro atoms. The van der Waals surface area contributed by atoms with Gasteiger partial charge >= 0.3 is 0 Å². The zero-order valence-electron chi connectivity index (χ0n) is 13.4. The Hall–Kier alpha value is -1.81. The topological polar surface area (TPSA) is 42.9 Å². The highest BCUT2D eigenvalue weighted by molar-refractivity contribution is 7.90. The first kappa shape index (κ1) is 15.4. The Labute approximate surface area is 154 Å². The Balaban J connectivity index is 1.86. The minimum atomic E-state index is -2.94. The Morgan fingerprint density at radius 2 is 1.40 bits per heavy atom. The molecule has 2 aromatic heterocycles. The van der Waals surface area contributed by atoms with Crippen LogP contribution in [0.5, 0.6) is 0 Å². The van der Waals surface area contributed by atoms with E-state index in [-0.39, 0.29) is 0 Å². The summed E-state index contributed by atoms with van der Waals surface area (Å²) in [5, 5.41) is 8.54. The zero-order valence-corrected chi connectivity index (χ0v) is 15.9. The molecule has 0 unspecified atom stereocenters. The lowest BCUT2D eigenvalue weighted by Gasteiger charge is -2.20. The van der Waals surface area contributed by atoms with Crippen LogP contribution in [0, 0.1) is 0 Å². The molecule has 0 radical (unpaired) electrons. The predicted octanol–water partition coefficient (Wildman–Crippen LogP) is 5.61. The van der Waals surface area contributed by atoms with E-state index in [0.717, 1.165) is 45.2 Å². The third-order valence-electron chi connectivity index (χ3n) is 4.81. The highest BCUT2D eigenvalue weighted by Gasteiger charge is 2.48. The molecule has 0 amide bonds. The molecule has 0 saturated heterocycles. The van der Waals surface area contributed by atoms with Crippen LogP contribution in [0.15, 0.2) is 64.6 Å². The molecule has 0 atom stereocenters. The molecule has 3 nitrogen and oxygen atoms in total. The lowest BCUT2D eigenvalue weighted by Crippen LogP contribution is -2.06. The molecule has 1 aliphatic carbocycles. The van der Waals surface area contributed by atoms with Crippen LogP contribution in [-0.2, 0) is 4.57 Å². The van der Waals surface area contributed by atoms with Crippen LogP contribution >= 0.6 is 29.8 Å². The predicted molar refractivity (Wildman–Crippen MR) is 106 cm³/mol. The number of aromatic nitrogens is 2. The van der Waals surface area contributed by atoms with Crippen LogP contribution in [0.4, 0.5) is 0 Å². The fourth-order valence-corrected chi connectivity index (χ4v) is 9.40. The van der Waals surface area contributed by atoms with Gasteiger partial charge in [-0.1, -0.05) is 30.3 Å². The Kier molecular flexibility index (Phi) is 3.63. The maximum atomic E-state index is 14.7. The molecular formula is C19H15N2OPS2. The van der Waals surface area contributed by atoms with Crippen LogP contribution in [0.3, 0.4) is 0 Å². The summed E-state index contributed by atoms with van der Waals surface area (Å²) in [7, 11) is -2.94. The maximum absolute atomic E-state index is 14.7. The SMILES string of the molecule is O=P1(c2ccccc2)C(c2nccs2)=C2CCCC2=C1c1nccs1. The van der Waals surface area contributed by atoms with E-state index in [2.05, 4.69) is 9.97 Å². The molecule has 6 heteroatoms. The summed E-state index contributed by atoms with van der Waals surface area (Å²) in [6.45, 7) is 0. The van der Waals surface area contributed by atoms with Crippen molar-refractivity contribution in [3.63, 3.8) is 0 Å². The van der Waals surface area contributed by atoms with E-state index in [1.165, 1.54) is 11.1 Å². The van der Waals surface area contributed by atoms with Crippen molar-refractivity contribution in [1.29, 1.82) is 0 Å². The Morgan fingerprint density at radius 1 is 0.840 bits per heavy atom. The minimum absolute atomic E-state index is 0.889. The molecule has 0 bridgehead atoms. The third kappa shape index (κ3) is 2.20. The van der Waals surface area contributed by atoms with Crippen molar-refractivity contribution >= 4 is 45.7 Å². The standard InChI is InChI=1S/C19H15N2OPS2/c22-23(13-5-2-1-3-6-13)16(18-20-9-11-24-18)14-7-4-8-15(14)17(23)19-21-10-12-25-19/h1-3,5-6,9-12H,4,7-8H2. The lowest BCUT2D eigenvalue weighted by molar-refractivity contribution is 0.593. The van der Waals surface area contributed by atoms with Gasteiger partial charge in [0.15, 0.2) is 7.14 Å². The first-order chi connectivity index (χ1) is 12.3. The van der Waals surface area contributed by atoms with E-state index in [1.54, 1.807) is 35.1 Å². The molecule has 25 heavy (non-hydrogen) atoms. The zero-order chi connectivity index (χ0) is 16.9. The fraction of sp³-hybridized carbons (Fsp3) is 0.158. The van der Waals surface area contributed by atoms with E-state index >= 15 is 0 Å². The van der Waals surface area contributed by atoms with Crippen molar-refractivity contribution in [3.05, 3.63) is 74.6 Å². The molecular weight excluding hydrogens is 367 g/mol. The van der Waals surface area contributed by atoms with Crippen molar-refractivity contribution in [2.24, 2.45) is 0 Å². The summed E-state index contributed by atoms with van der Waals surface area (Å²) in [6, 6.07) is 9.89. The Morgan fingerprint density at radius 3 is 1.88 bits per heavy atom. The van der Waals surface area contributed by atoms with Gasteiger partial charge in [0.1, 0.15) is 10.0 Å². The highest BCUT2D eigenvalue weighted by atomic mass is 32.1. The van der Waals surface area contributed by atoms with E-state index < -0.39 is 7.14 Å². The number of hydrogen-bond donors (Lipinski definition) is 0. The van der Waals surface area contributed by atoms with Crippen molar-refractivity contribution in [2.75, 3.05) is 0 Å². The van der Waals surface area contributed by atoms with Gasteiger partial charge in [-0.05, 0) is 30.4 Å².